The van der Waals surface area contributed by atoms with Crippen LogP contribution in [0.5, 0.6) is 5.75 Å². The van der Waals surface area contributed by atoms with Gasteiger partial charge in [0.1, 0.15) is 11.9 Å². The van der Waals surface area contributed by atoms with Crippen LogP contribution in [0.3, 0.4) is 0 Å². The molecule has 5 heterocycles. The van der Waals surface area contributed by atoms with Crippen molar-refractivity contribution in [1.29, 1.82) is 0 Å². The van der Waals surface area contributed by atoms with Gasteiger partial charge in [-0.3, -0.25) is 9.78 Å². The molecule has 3 aromatic heterocycles. The summed E-state index contributed by atoms with van der Waals surface area (Å²) in [6, 6.07) is 6.05. The first-order valence-corrected chi connectivity index (χ1v) is 9.69. The zero-order valence-electron chi connectivity index (χ0n) is 15.9. The molecule has 2 saturated heterocycles. The Morgan fingerprint density at radius 3 is 2.68 bits per heavy atom. The summed E-state index contributed by atoms with van der Waals surface area (Å²) in [7, 11) is 0. The number of carbonyl (C=O) groups excluding carboxylic acids is 1. The van der Waals surface area contributed by atoms with Crippen molar-refractivity contribution in [3.63, 3.8) is 0 Å². The molecule has 0 spiro atoms. The number of hydrogen-bond donors (Lipinski definition) is 0. The SMILES string of the molecule is Cc1cc(C)n2nc(C(=O)N3C4CCC3CC(Oc3cccnc3)C4)nc2n1. The molecule has 1 amide bonds. The summed E-state index contributed by atoms with van der Waals surface area (Å²) in [5, 5.41) is 4.42. The number of amides is 1. The molecule has 0 N–H and O–H groups in total. The van der Waals surface area contributed by atoms with Crippen LogP contribution in [0.15, 0.2) is 30.6 Å². The summed E-state index contributed by atoms with van der Waals surface area (Å²) in [4.78, 5) is 28.1. The quantitative estimate of drug-likeness (QED) is 0.695. The van der Waals surface area contributed by atoms with Gasteiger partial charge >= 0.3 is 0 Å². The summed E-state index contributed by atoms with van der Waals surface area (Å²) in [5.74, 6) is 1.38. The monoisotopic (exact) mass is 378 g/mol. The highest BCUT2D eigenvalue weighted by Crippen LogP contribution is 2.38. The summed E-state index contributed by atoms with van der Waals surface area (Å²) in [6.45, 7) is 3.85. The van der Waals surface area contributed by atoms with Crippen LogP contribution in [0.4, 0.5) is 0 Å². The Labute approximate surface area is 162 Å². The normalized spacial score (nSPS) is 23.9. The first kappa shape index (κ1) is 17.1. The smallest absolute Gasteiger partial charge is 0.294 e. The lowest BCUT2D eigenvalue weighted by atomic mass is 9.99. The number of aromatic nitrogens is 5. The van der Waals surface area contributed by atoms with Crippen LogP contribution < -0.4 is 4.74 Å². The van der Waals surface area contributed by atoms with Gasteiger partial charge in [-0.05, 0) is 44.9 Å². The molecule has 0 aliphatic carbocycles. The largest absolute Gasteiger partial charge is 0.489 e. The predicted octanol–water partition coefficient (Wildman–Crippen LogP) is 2.35. The van der Waals surface area contributed by atoms with Crippen molar-refractivity contribution < 1.29 is 9.53 Å². The number of pyridine rings is 1. The minimum absolute atomic E-state index is 0.102. The van der Waals surface area contributed by atoms with Crippen molar-refractivity contribution in [2.24, 2.45) is 0 Å². The maximum atomic E-state index is 13.2. The second-order valence-corrected chi connectivity index (χ2v) is 7.68. The molecule has 8 nitrogen and oxygen atoms in total. The minimum atomic E-state index is -0.102. The molecular formula is C20H22N6O2. The van der Waals surface area contributed by atoms with Crippen LogP contribution >= 0.6 is 0 Å². The molecule has 0 aromatic carbocycles. The minimum Gasteiger partial charge on any atom is -0.489 e. The fourth-order valence-electron chi connectivity index (χ4n) is 4.54. The van der Waals surface area contributed by atoms with E-state index in [4.69, 9.17) is 4.74 Å². The Hall–Kier alpha value is -3.03. The lowest BCUT2D eigenvalue weighted by molar-refractivity contribution is 0.0348. The van der Waals surface area contributed by atoms with Crippen LogP contribution in [0, 0.1) is 13.8 Å². The van der Waals surface area contributed by atoms with Gasteiger partial charge in [-0.1, -0.05) is 0 Å². The molecular weight excluding hydrogens is 356 g/mol. The van der Waals surface area contributed by atoms with Crippen molar-refractivity contribution in [2.45, 2.75) is 57.7 Å². The van der Waals surface area contributed by atoms with Crippen molar-refractivity contribution in [2.75, 3.05) is 0 Å². The zero-order chi connectivity index (χ0) is 19.3. The number of ether oxygens (including phenoxy) is 1. The van der Waals surface area contributed by atoms with Crippen molar-refractivity contribution in [3.05, 3.63) is 47.8 Å². The molecule has 28 heavy (non-hydrogen) atoms. The van der Waals surface area contributed by atoms with Gasteiger partial charge < -0.3 is 9.64 Å². The van der Waals surface area contributed by atoms with E-state index in [0.717, 1.165) is 42.8 Å². The van der Waals surface area contributed by atoms with E-state index < -0.39 is 0 Å². The molecule has 8 heteroatoms. The third-order valence-corrected chi connectivity index (χ3v) is 5.67. The molecule has 2 bridgehead atoms. The Bertz CT molecular complexity index is 1020. The topological polar surface area (TPSA) is 85.5 Å². The van der Waals surface area contributed by atoms with E-state index in [1.165, 1.54) is 0 Å². The third kappa shape index (κ3) is 2.89. The lowest BCUT2D eigenvalue weighted by Crippen LogP contribution is -2.49. The molecule has 3 aromatic rings. The molecule has 144 valence electrons. The third-order valence-electron chi connectivity index (χ3n) is 5.67. The van der Waals surface area contributed by atoms with Gasteiger partial charge in [-0.25, -0.2) is 9.50 Å². The second kappa shape index (κ2) is 6.54. The van der Waals surface area contributed by atoms with Gasteiger partial charge in [0.25, 0.3) is 11.7 Å². The molecule has 2 atom stereocenters. The van der Waals surface area contributed by atoms with Crippen LogP contribution in [0.1, 0.15) is 47.7 Å². The Kier molecular flexibility index (Phi) is 3.99. The van der Waals surface area contributed by atoms with Crippen LogP contribution in [-0.4, -0.2) is 53.6 Å². The standard InChI is InChI=1S/C20H22N6O2/c1-12-8-13(2)26-20(22-12)23-18(24-26)19(27)25-14-5-6-15(25)10-17(9-14)28-16-4-3-7-21-11-16/h3-4,7-8,11,14-15,17H,5-6,9-10H2,1-2H3. The Morgan fingerprint density at radius 1 is 1.18 bits per heavy atom. The predicted molar refractivity (Wildman–Crippen MR) is 101 cm³/mol. The van der Waals surface area contributed by atoms with Gasteiger partial charge in [0, 0.05) is 42.5 Å². The van der Waals surface area contributed by atoms with E-state index in [1.807, 2.05) is 36.9 Å². The molecule has 0 radical (unpaired) electrons. The fourth-order valence-corrected chi connectivity index (χ4v) is 4.54. The Morgan fingerprint density at radius 2 is 1.96 bits per heavy atom. The maximum Gasteiger partial charge on any atom is 0.294 e. The number of hydrogen-bond acceptors (Lipinski definition) is 6. The number of piperidine rings is 1. The molecule has 2 fully saturated rings. The number of rotatable bonds is 3. The van der Waals surface area contributed by atoms with E-state index in [9.17, 15) is 4.79 Å². The van der Waals surface area contributed by atoms with Crippen molar-refractivity contribution in [1.82, 2.24) is 29.5 Å². The first-order chi connectivity index (χ1) is 13.6. The Balaban J connectivity index is 1.36. The summed E-state index contributed by atoms with van der Waals surface area (Å²) in [6.07, 6.45) is 7.20. The van der Waals surface area contributed by atoms with E-state index in [-0.39, 0.29) is 29.9 Å². The van der Waals surface area contributed by atoms with Crippen molar-refractivity contribution >= 4 is 11.7 Å². The molecule has 2 aliphatic heterocycles. The lowest BCUT2D eigenvalue weighted by Gasteiger charge is -2.38. The zero-order valence-corrected chi connectivity index (χ0v) is 15.9. The van der Waals surface area contributed by atoms with Gasteiger partial charge in [0.2, 0.25) is 5.82 Å². The summed E-state index contributed by atoms with van der Waals surface area (Å²) < 4.78 is 7.74. The second-order valence-electron chi connectivity index (χ2n) is 7.68. The summed E-state index contributed by atoms with van der Waals surface area (Å²) in [5.41, 5.74) is 1.78. The average molecular weight is 378 g/mol. The molecule has 2 aliphatic rings. The molecule has 5 rings (SSSR count). The highest BCUT2D eigenvalue weighted by molar-refractivity contribution is 5.91. The summed E-state index contributed by atoms with van der Waals surface area (Å²) >= 11 is 0. The van der Waals surface area contributed by atoms with E-state index in [2.05, 4.69) is 20.1 Å². The van der Waals surface area contributed by atoms with E-state index >= 15 is 0 Å². The van der Waals surface area contributed by atoms with Crippen molar-refractivity contribution in [3.8, 4) is 5.75 Å². The number of carbonyl (C=O) groups is 1. The number of nitrogens with zero attached hydrogens (tertiary/aromatic N) is 6. The van der Waals surface area contributed by atoms with Gasteiger partial charge in [-0.15, -0.1) is 5.10 Å². The molecule has 2 unspecified atom stereocenters. The maximum absolute atomic E-state index is 13.2. The van der Waals surface area contributed by atoms with Crippen LogP contribution in [0.25, 0.3) is 5.78 Å². The fraction of sp³-hybridized carbons (Fsp3) is 0.450. The highest BCUT2D eigenvalue weighted by atomic mass is 16.5. The highest BCUT2D eigenvalue weighted by Gasteiger charge is 2.45. The average Bonchev–Trinajstić information content (AvgIpc) is 3.21. The van der Waals surface area contributed by atoms with Crippen LogP contribution in [0.2, 0.25) is 0 Å². The first-order valence-electron chi connectivity index (χ1n) is 9.69. The van der Waals surface area contributed by atoms with Gasteiger partial charge in [-0.2, -0.15) is 4.98 Å². The van der Waals surface area contributed by atoms with Gasteiger partial charge in [0.15, 0.2) is 0 Å². The van der Waals surface area contributed by atoms with E-state index in [1.54, 1.807) is 16.9 Å². The molecule has 0 saturated carbocycles. The van der Waals surface area contributed by atoms with Crippen LogP contribution in [-0.2, 0) is 0 Å². The number of aryl methyl sites for hydroxylation is 2. The van der Waals surface area contributed by atoms with Gasteiger partial charge in [0.05, 0.1) is 6.20 Å². The number of fused-ring (bicyclic) bond motifs is 3. The van der Waals surface area contributed by atoms with E-state index in [0.29, 0.717) is 5.78 Å².